The molecule has 4 bridgehead atoms. The number of ketones is 1. The Morgan fingerprint density at radius 2 is 1.83 bits per heavy atom. The van der Waals surface area contributed by atoms with Gasteiger partial charge < -0.3 is 29.8 Å². The summed E-state index contributed by atoms with van der Waals surface area (Å²) in [5.41, 5.74) is -1.66. The molecule has 1 saturated carbocycles. The molecule has 2 fully saturated rings. The lowest BCUT2D eigenvalue weighted by Gasteiger charge is -2.51. The van der Waals surface area contributed by atoms with Gasteiger partial charge in [0, 0.05) is 74.2 Å². The van der Waals surface area contributed by atoms with Crippen LogP contribution in [-0.4, -0.2) is 66.7 Å². The van der Waals surface area contributed by atoms with Crippen molar-refractivity contribution in [3.8, 4) is 0 Å². The molecule has 2 heterocycles. The van der Waals surface area contributed by atoms with Gasteiger partial charge in [-0.1, -0.05) is 17.7 Å². The van der Waals surface area contributed by atoms with Gasteiger partial charge in [-0.05, 0) is 51.8 Å². The van der Waals surface area contributed by atoms with E-state index in [1.807, 2.05) is 64.9 Å². The maximum Gasteiger partial charge on any atom is 0.336 e. The van der Waals surface area contributed by atoms with Gasteiger partial charge in [0.05, 0.1) is 12.0 Å². The van der Waals surface area contributed by atoms with E-state index < -0.39 is 40.2 Å². The zero-order valence-electron chi connectivity index (χ0n) is 25.0. The minimum atomic E-state index is -1.76. The molecule has 0 radical (unpaired) electrons. The average molecular weight is 578 g/mol. The second-order valence-electron chi connectivity index (χ2n) is 12.6. The Hall–Kier alpha value is -3.76. The fourth-order valence-electron chi connectivity index (χ4n) is 6.86. The van der Waals surface area contributed by atoms with E-state index in [4.69, 9.17) is 9.15 Å². The molecule has 1 aromatic heterocycles. The van der Waals surface area contributed by atoms with Crippen LogP contribution in [0.3, 0.4) is 0 Å². The van der Waals surface area contributed by atoms with Crippen LogP contribution in [0.5, 0.6) is 0 Å². The Labute approximate surface area is 244 Å². The molecule has 1 aromatic carbocycles. The third-order valence-corrected chi connectivity index (χ3v) is 8.86. The van der Waals surface area contributed by atoms with Gasteiger partial charge >= 0.3 is 5.63 Å². The standard InChI is InChI=1S/C32H39N3O7/c1-18(2)9-10-31-28(38)20-13-23(32(31,40)25(14-20)30(3,4)42-31)29(39)34-12-11-33-26(36)15-19-16-27(37)41-24-17-21(35(5)6)7-8-22(19)24/h7-9,13,16-17,20,25,40H,10-12,14-15H2,1-6H3,(H,33,36)(H,34,39). The molecule has 10 heteroatoms. The number of allylic oxidation sites excluding steroid dienone is 2. The number of ether oxygens (including phenoxy) is 1. The average Bonchev–Trinajstić information content (AvgIpc) is 3.05. The number of nitrogens with zero attached hydrogens (tertiary/aromatic N) is 1. The lowest BCUT2D eigenvalue weighted by Crippen LogP contribution is -2.69. The molecule has 4 aliphatic rings. The first-order valence-corrected chi connectivity index (χ1v) is 14.3. The molecular weight excluding hydrogens is 538 g/mol. The molecule has 4 unspecified atom stereocenters. The zero-order chi connectivity index (χ0) is 30.6. The third kappa shape index (κ3) is 4.76. The summed E-state index contributed by atoms with van der Waals surface area (Å²) in [6, 6.07) is 6.77. The molecule has 1 saturated heterocycles. The predicted octanol–water partition coefficient (Wildman–Crippen LogP) is 2.41. The number of Topliss-reactive ketones (excluding diaryl/α,β-unsaturated/α-hetero) is 1. The van der Waals surface area contributed by atoms with Gasteiger partial charge in [0.25, 0.3) is 0 Å². The first-order valence-electron chi connectivity index (χ1n) is 14.3. The molecule has 2 amide bonds. The van der Waals surface area contributed by atoms with Crippen molar-refractivity contribution in [2.24, 2.45) is 11.8 Å². The second kappa shape index (κ2) is 10.5. The number of fused-ring (bicyclic) bond motifs is 1. The Kier molecular flexibility index (Phi) is 7.43. The topological polar surface area (TPSA) is 138 Å². The number of aliphatic hydroxyl groups is 1. The normalized spacial score (nSPS) is 27.0. The molecular formula is C32H39N3O7. The van der Waals surface area contributed by atoms with E-state index in [1.54, 1.807) is 12.1 Å². The van der Waals surface area contributed by atoms with E-state index >= 15 is 0 Å². The van der Waals surface area contributed by atoms with Crippen LogP contribution in [0.2, 0.25) is 0 Å². The van der Waals surface area contributed by atoms with Crippen molar-refractivity contribution in [1.82, 2.24) is 10.6 Å². The number of anilines is 1. The number of amides is 2. The molecule has 3 N–H and O–H groups in total. The summed E-state index contributed by atoms with van der Waals surface area (Å²) in [6.45, 7) is 7.79. The van der Waals surface area contributed by atoms with Crippen LogP contribution in [-0.2, 0) is 25.5 Å². The lowest BCUT2D eigenvalue weighted by atomic mass is 9.52. The largest absolute Gasteiger partial charge is 0.423 e. The molecule has 224 valence electrons. The van der Waals surface area contributed by atoms with Crippen LogP contribution in [0, 0.1) is 11.8 Å². The highest BCUT2D eigenvalue weighted by Gasteiger charge is 2.78. The summed E-state index contributed by atoms with van der Waals surface area (Å²) < 4.78 is 11.7. The van der Waals surface area contributed by atoms with Gasteiger partial charge in [-0.3, -0.25) is 14.4 Å². The zero-order valence-corrected chi connectivity index (χ0v) is 25.0. The van der Waals surface area contributed by atoms with Crippen LogP contribution in [0.15, 0.2) is 56.8 Å². The number of hydrogen-bond donors (Lipinski definition) is 3. The molecule has 1 aliphatic heterocycles. The van der Waals surface area contributed by atoms with Crippen molar-refractivity contribution in [1.29, 1.82) is 0 Å². The Bertz CT molecular complexity index is 1580. The molecule has 2 aromatic rings. The summed E-state index contributed by atoms with van der Waals surface area (Å²) in [7, 11) is 3.76. The molecule has 3 aliphatic carbocycles. The number of nitrogens with one attached hydrogen (secondary N) is 2. The number of carbonyl (C=O) groups excluding carboxylic acids is 3. The quantitative estimate of drug-likeness (QED) is 0.235. The maximum absolute atomic E-state index is 13.5. The van der Waals surface area contributed by atoms with Gasteiger partial charge in [-0.2, -0.15) is 0 Å². The first-order chi connectivity index (χ1) is 19.7. The van der Waals surface area contributed by atoms with Crippen molar-refractivity contribution in [2.75, 3.05) is 32.1 Å². The van der Waals surface area contributed by atoms with Crippen molar-refractivity contribution in [3.05, 3.63) is 63.5 Å². The fourth-order valence-corrected chi connectivity index (χ4v) is 6.86. The van der Waals surface area contributed by atoms with Gasteiger partial charge in [-0.15, -0.1) is 0 Å². The lowest BCUT2D eigenvalue weighted by molar-refractivity contribution is -0.176. The van der Waals surface area contributed by atoms with E-state index in [9.17, 15) is 24.3 Å². The molecule has 42 heavy (non-hydrogen) atoms. The Morgan fingerprint density at radius 1 is 1.12 bits per heavy atom. The summed E-state index contributed by atoms with van der Waals surface area (Å²) >= 11 is 0. The SMILES string of the molecule is CC(C)=CCC12OC(C)(C)C3CC(C=C(C(=O)NCCNC(=O)Cc4cc(=O)oc5cc(N(C)C)ccc45)C31O)C2=O. The summed E-state index contributed by atoms with van der Waals surface area (Å²) in [5, 5.41) is 18.4. The number of benzene rings is 1. The Balaban J connectivity index is 1.25. The predicted molar refractivity (Wildman–Crippen MR) is 158 cm³/mol. The van der Waals surface area contributed by atoms with Crippen molar-refractivity contribution < 1.29 is 28.6 Å². The molecule has 10 nitrogen and oxygen atoms in total. The van der Waals surface area contributed by atoms with Gasteiger partial charge in [0.1, 0.15) is 11.2 Å². The van der Waals surface area contributed by atoms with Gasteiger partial charge in [0.2, 0.25) is 11.8 Å². The van der Waals surface area contributed by atoms with E-state index in [0.717, 1.165) is 11.3 Å². The van der Waals surface area contributed by atoms with Crippen molar-refractivity contribution in [3.63, 3.8) is 0 Å². The van der Waals surface area contributed by atoms with Crippen molar-refractivity contribution in [2.45, 2.75) is 63.8 Å². The van der Waals surface area contributed by atoms with Crippen LogP contribution in [0.4, 0.5) is 5.69 Å². The highest BCUT2D eigenvalue weighted by atomic mass is 16.6. The number of hydrogen-bond acceptors (Lipinski definition) is 8. The second-order valence-corrected chi connectivity index (χ2v) is 12.6. The molecule has 6 rings (SSSR count). The van der Waals surface area contributed by atoms with Gasteiger partial charge in [-0.25, -0.2) is 4.79 Å². The minimum Gasteiger partial charge on any atom is -0.423 e. The smallest absolute Gasteiger partial charge is 0.336 e. The minimum absolute atomic E-state index is 0.0347. The fraction of sp³-hybridized carbons (Fsp3) is 0.500. The van der Waals surface area contributed by atoms with Crippen molar-refractivity contribution >= 4 is 34.3 Å². The van der Waals surface area contributed by atoms with Crippen LogP contribution < -0.4 is 21.2 Å². The maximum atomic E-state index is 13.5. The van der Waals surface area contributed by atoms with E-state index in [-0.39, 0.29) is 43.2 Å². The van der Waals surface area contributed by atoms with Gasteiger partial charge in [0.15, 0.2) is 11.4 Å². The van der Waals surface area contributed by atoms with Crippen LogP contribution in [0.25, 0.3) is 11.0 Å². The van der Waals surface area contributed by atoms with Crippen LogP contribution in [0.1, 0.15) is 46.1 Å². The van der Waals surface area contributed by atoms with E-state index in [2.05, 4.69) is 10.6 Å². The monoisotopic (exact) mass is 577 g/mol. The highest BCUT2D eigenvalue weighted by molar-refractivity contribution is 6.05. The summed E-state index contributed by atoms with van der Waals surface area (Å²) in [6.07, 6.45) is 4.04. The van der Waals surface area contributed by atoms with E-state index in [0.29, 0.717) is 23.0 Å². The highest BCUT2D eigenvalue weighted by Crippen LogP contribution is 2.64. The molecule has 4 atom stereocenters. The number of carbonyl (C=O) groups is 3. The summed E-state index contributed by atoms with van der Waals surface area (Å²) in [4.78, 5) is 53.7. The first kappa shape index (κ1) is 29.7. The number of rotatable bonds is 9. The third-order valence-electron chi connectivity index (χ3n) is 8.86. The Morgan fingerprint density at radius 3 is 2.52 bits per heavy atom. The van der Waals surface area contributed by atoms with E-state index in [1.165, 1.54) is 6.07 Å². The van der Waals surface area contributed by atoms with Crippen LogP contribution >= 0.6 is 0 Å². The summed E-state index contributed by atoms with van der Waals surface area (Å²) in [5.74, 6) is -1.92. The molecule has 0 spiro atoms.